The predicted octanol–water partition coefficient (Wildman–Crippen LogP) is 4.35. The van der Waals surface area contributed by atoms with Crippen molar-refractivity contribution in [2.45, 2.75) is 33.1 Å². The minimum atomic E-state index is 0.202. The summed E-state index contributed by atoms with van der Waals surface area (Å²) in [6.07, 6.45) is 1.84. The van der Waals surface area contributed by atoms with E-state index in [9.17, 15) is 0 Å². The standard InChI is InChI=1S/C16H19N/c1-12-11-13(16(2,3)4)8-9-14(12)15-7-5-6-10-17-15/h5-11H,1-4H3. The van der Waals surface area contributed by atoms with Gasteiger partial charge in [-0.3, -0.25) is 4.98 Å². The van der Waals surface area contributed by atoms with Crippen LogP contribution < -0.4 is 0 Å². The fourth-order valence-corrected chi connectivity index (χ4v) is 1.94. The van der Waals surface area contributed by atoms with Crippen molar-refractivity contribution >= 4 is 0 Å². The van der Waals surface area contributed by atoms with Crippen molar-refractivity contribution in [1.29, 1.82) is 0 Å². The lowest BCUT2D eigenvalue weighted by Gasteiger charge is -2.20. The lowest BCUT2D eigenvalue weighted by atomic mass is 9.85. The molecular formula is C16H19N. The summed E-state index contributed by atoms with van der Waals surface area (Å²) in [5.74, 6) is 0. The Morgan fingerprint density at radius 3 is 2.29 bits per heavy atom. The van der Waals surface area contributed by atoms with Crippen molar-refractivity contribution in [3.63, 3.8) is 0 Å². The van der Waals surface area contributed by atoms with Gasteiger partial charge in [0.05, 0.1) is 5.69 Å². The summed E-state index contributed by atoms with van der Waals surface area (Å²) in [5.41, 5.74) is 5.13. The largest absolute Gasteiger partial charge is 0.256 e. The highest BCUT2D eigenvalue weighted by Gasteiger charge is 2.14. The van der Waals surface area contributed by atoms with Crippen LogP contribution in [0.15, 0.2) is 42.6 Å². The molecule has 1 heteroatoms. The molecule has 2 aromatic rings. The molecule has 0 fully saturated rings. The smallest absolute Gasteiger partial charge is 0.0704 e. The maximum absolute atomic E-state index is 4.40. The molecule has 0 unspecified atom stereocenters. The molecule has 0 bridgehead atoms. The second-order valence-electron chi connectivity index (χ2n) is 5.49. The van der Waals surface area contributed by atoms with Crippen molar-refractivity contribution in [3.8, 4) is 11.3 Å². The quantitative estimate of drug-likeness (QED) is 0.703. The third-order valence-corrected chi connectivity index (χ3v) is 3.03. The van der Waals surface area contributed by atoms with Gasteiger partial charge < -0.3 is 0 Å². The molecule has 1 heterocycles. The first kappa shape index (κ1) is 11.8. The van der Waals surface area contributed by atoms with Gasteiger partial charge in [-0.25, -0.2) is 0 Å². The van der Waals surface area contributed by atoms with Crippen LogP contribution in [0.3, 0.4) is 0 Å². The molecule has 0 aliphatic carbocycles. The van der Waals surface area contributed by atoms with Gasteiger partial charge in [0, 0.05) is 11.8 Å². The molecule has 0 spiro atoms. The van der Waals surface area contributed by atoms with E-state index in [2.05, 4.69) is 56.9 Å². The summed E-state index contributed by atoms with van der Waals surface area (Å²) in [5, 5.41) is 0. The van der Waals surface area contributed by atoms with E-state index in [-0.39, 0.29) is 5.41 Å². The molecule has 2 rings (SSSR count). The van der Waals surface area contributed by atoms with Crippen molar-refractivity contribution in [2.24, 2.45) is 0 Å². The summed E-state index contributed by atoms with van der Waals surface area (Å²) in [6.45, 7) is 8.87. The fourth-order valence-electron chi connectivity index (χ4n) is 1.94. The van der Waals surface area contributed by atoms with E-state index in [0.717, 1.165) is 5.69 Å². The molecule has 0 aliphatic heterocycles. The predicted molar refractivity (Wildman–Crippen MR) is 73.1 cm³/mol. The molecule has 0 aliphatic rings. The van der Waals surface area contributed by atoms with Crippen LogP contribution in [0.4, 0.5) is 0 Å². The molecule has 1 aromatic carbocycles. The molecule has 17 heavy (non-hydrogen) atoms. The minimum Gasteiger partial charge on any atom is -0.256 e. The molecule has 0 atom stereocenters. The average Bonchev–Trinajstić information content (AvgIpc) is 2.29. The minimum absolute atomic E-state index is 0.202. The molecule has 0 saturated heterocycles. The number of pyridine rings is 1. The Kier molecular flexibility index (Phi) is 3.01. The van der Waals surface area contributed by atoms with Gasteiger partial charge in [0.2, 0.25) is 0 Å². The summed E-state index contributed by atoms with van der Waals surface area (Å²) in [4.78, 5) is 4.40. The maximum Gasteiger partial charge on any atom is 0.0704 e. The van der Waals surface area contributed by atoms with Gasteiger partial charge in [0.25, 0.3) is 0 Å². The van der Waals surface area contributed by atoms with E-state index >= 15 is 0 Å². The highest BCUT2D eigenvalue weighted by atomic mass is 14.7. The first-order valence-corrected chi connectivity index (χ1v) is 6.01. The number of hydrogen-bond donors (Lipinski definition) is 0. The second-order valence-corrected chi connectivity index (χ2v) is 5.49. The normalized spacial score (nSPS) is 11.5. The van der Waals surface area contributed by atoms with E-state index in [1.54, 1.807) is 0 Å². The maximum atomic E-state index is 4.40. The lowest BCUT2D eigenvalue weighted by Crippen LogP contribution is -2.11. The van der Waals surface area contributed by atoms with Gasteiger partial charge in [-0.1, -0.05) is 45.0 Å². The van der Waals surface area contributed by atoms with Gasteiger partial charge in [-0.2, -0.15) is 0 Å². The first-order chi connectivity index (χ1) is 7.98. The summed E-state index contributed by atoms with van der Waals surface area (Å²) >= 11 is 0. The second kappa shape index (κ2) is 4.33. The third kappa shape index (κ3) is 2.55. The summed E-state index contributed by atoms with van der Waals surface area (Å²) in [6, 6.07) is 12.7. The summed E-state index contributed by atoms with van der Waals surface area (Å²) < 4.78 is 0. The highest BCUT2D eigenvalue weighted by molar-refractivity contribution is 5.64. The van der Waals surface area contributed by atoms with Gasteiger partial charge >= 0.3 is 0 Å². The van der Waals surface area contributed by atoms with Crippen molar-refractivity contribution in [3.05, 3.63) is 53.7 Å². The number of rotatable bonds is 1. The molecule has 1 nitrogen and oxygen atoms in total. The van der Waals surface area contributed by atoms with Crippen LogP contribution in [0.1, 0.15) is 31.9 Å². The molecule has 1 aromatic heterocycles. The molecule has 0 radical (unpaired) electrons. The zero-order valence-corrected chi connectivity index (χ0v) is 11.0. The van der Waals surface area contributed by atoms with E-state index < -0.39 is 0 Å². The van der Waals surface area contributed by atoms with Crippen LogP contribution in [0, 0.1) is 6.92 Å². The highest BCUT2D eigenvalue weighted by Crippen LogP contribution is 2.28. The van der Waals surface area contributed by atoms with Crippen LogP contribution >= 0.6 is 0 Å². The van der Waals surface area contributed by atoms with Crippen LogP contribution in [0.5, 0.6) is 0 Å². The number of aryl methyl sites for hydroxylation is 1. The first-order valence-electron chi connectivity index (χ1n) is 6.01. The fraction of sp³-hybridized carbons (Fsp3) is 0.312. The average molecular weight is 225 g/mol. The number of benzene rings is 1. The zero-order chi connectivity index (χ0) is 12.5. The Balaban J connectivity index is 2.46. The SMILES string of the molecule is Cc1cc(C(C)(C)C)ccc1-c1ccccn1. The van der Waals surface area contributed by atoms with Crippen LogP contribution in [-0.4, -0.2) is 4.98 Å². The Morgan fingerprint density at radius 2 is 1.76 bits per heavy atom. The third-order valence-electron chi connectivity index (χ3n) is 3.03. The van der Waals surface area contributed by atoms with Crippen molar-refractivity contribution < 1.29 is 0 Å². The van der Waals surface area contributed by atoms with E-state index in [4.69, 9.17) is 0 Å². The Labute approximate surface area is 104 Å². The van der Waals surface area contributed by atoms with Gasteiger partial charge in [0.15, 0.2) is 0 Å². The molecule has 0 N–H and O–H groups in total. The number of aromatic nitrogens is 1. The Bertz CT molecular complexity index is 507. The zero-order valence-electron chi connectivity index (χ0n) is 11.0. The van der Waals surface area contributed by atoms with Crippen LogP contribution in [-0.2, 0) is 5.41 Å². The topological polar surface area (TPSA) is 12.9 Å². The molecule has 0 saturated carbocycles. The summed E-state index contributed by atoms with van der Waals surface area (Å²) in [7, 11) is 0. The Morgan fingerprint density at radius 1 is 1.00 bits per heavy atom. The number of hydrogen-bond acceptors (Lipinski definition) is 1. The lowest BCUT2D eigenvalue weighted by molar-refractivity contribution is 0.590. The van der Waals surface area contributed by atoms with E-state index in [1.807, 2.05) is 18.3 Å². The van der Waals surface area contributed by atoms with Gasteiger partial charge in [-0.15, -0.1) is 0 Å². The van der Waals surface area contributed by atoms with Gasteiger partial charge in [-0.05, 0) is 35.6 Å². The van der Waals surface area contributed by atoms with Crippen LogP contribution in [0.2, 0.25) is 0 Å². The number of nitrogens with zero attached hydrogens (tertiary/aromatic N) is 1. The van der Waals surface area contributed by atoms with Crippen molar-refractivity contribution in [2.75, 3.05) is 0 Å². The molecule has 0 amide bonds. The van der Waals surface area contributed by atoms with Crippen LogP contribution in [0.25, 0.3) is 11.3 Å². The van der Waals surface area contributed by atoms with Gasteiger partial charge in [0.1, 0.15) is 0 Å². The van der Waals surface area contributed by atoms with E-state index in [1.165, 1.54) is 16.7 Å². The molecule has 88 valence electrons. The molecular weight excluding hydrogens is 206 g/mol. The Hall–Kier alpha value is -1.63. The van der Waals surface area contributed by atoms with Crippen molar-refractivity contribution in [1.82, 2.24) is 4.98 Å². The van der Waals surface area contributed by atoms with E-state index in [0.29, 0.717) is 0 Å². The monoisotopic (exact) mass is 225 g/mol.